The number of aromatic nitrogens is 2. The Labute approximate surface area is 230 Å². The summed E-state index contributed by atoms with van der Waals surface area (Å²) >= 11 is 1.38. The highest BCUT2D eigenvalue weighted by Crippen LogP contribution is 2.24. The summed E-state index contributed by atoms with van der Waals surface area (Å²) in [4.78, 5) is 50.5. The third-order valence-corrected chi connectivity index (χ3v) is 8.48. The average Bonchev–Trinajstić information content (AvgIpc) is 3.63. The number of likely N-dealkylation sites (tertiary alicyclic amines) is 1. The molecular weight excluding hydrogens is 512 g/mol. The molecule has 2 fully saturated rings. The van der Waals surface area contributed by atoms with E-state index in [1.807, 2.05) is 80.5 Å². The minimum absolute atomic E-state index is 0.00636. The molecule has 0 bridgehead atoms. The number of rotatable bonds is 6. The number of piperazine rings is 1. The average molecular weight is 543 g/mol. The van der Waals surface area contributed by atoms with E-state index in [1.54, 1.807) is 18.1 Å². The van der Waals surface area contributed by atoms with Crippen LogP contribution in [0.15, 0.2) is 72.4 Å². The van der Waals surface area contributed by atoms with Gasteiger partial charge in [0.1, 0.15) is 6.54 Å². The van der Waals surface area contributed by atoms with E-state index >= 15 is 0 Å². The monoisotopic (exact) mass is 542 g/mol. The molecule has 0 aliphatic carbocycles. The summed E-state index contributed by atoms with van der Waals surface area (Å²) in [6.07, 6.45) is 3.56. The highest BCUT2D eigenvalue weighted by molar-refractivity contribution is 7.11. The molecule has 0 radical (unpaired) electrons. The molecule has 2 aliphatic heterocycles. The Morgan fingerprint density at radius 3 is 2.44 bits per heavy atom. The first kappa shape index (κ1) is 25.3. The maximum atomic E-state index is 13.2. The molecule has 0 saturated carbocycles. The first-order valence-electron chi connectivity index (χ1n) is 13.1. The number of hydrogen-bond donors (Lipinski definition) is 0. The Kier molecular flexibility index (Phi) is 6.88. The van der Waals surface area contributed by atoms with Gasteiger partial charge in [-0.3, -0.25) is 19.3 Å². The van der Waals surface area contributed by atoms with Gasteiger partial charge in [-0.15, -0.1) is 11.3 Å². The number of likely N-dealkylation sites (N-methyl/N-ethyl adjacent to an activating group) is 1. The molecule has 0 atom stereocenters. The molecule has 10 heteroatoms. The van der Waals surface area contributed by atoms with Gasteiger partial charge in [0.2, 0.25) is 5.91 Å². The number of amides is 3. The number of nitrogens with zero attached hydrogens (tertiary/aromatic N) is 6. The zero-order valence-corrected chi connectivity index (χ0v) is 22.6. The van der Waals surface area contributed by atoms with E-state index in [1.165, 1.54) is 11.3 Å². The highest BCUT2D eigenvalue weighted by Gasteiger charge is 2.37. The molecule has 0 unspecified atom stereocenters. The molecule has 2 aromatic carbocycles. The third kappa shape index (κ3) is 5.05. The molecule has 200 valence electrons. The lowest BCUT2D eigenvalue weighted by molar-refractivity contribution is -0.118. The second-order valence-electron chi connectivity index (χ2n) is 10.0. The van der Waals surface area contributed by atoms with Crippen LogP contribution >= 0.6 is 11.3 Å². The van der Waals surface area contributed by atoms with Gasteiger partial charge in [-0.05, 0) is 36.4 Å². The predicted molar refractivity (Wildman–Crippen MR) is 151 cm³/mol. The molecule has 4 aromatic rings. The maximum Gasteiger partial charge on any atom is 0.282 e. The topological polar surface area (TPSA) is 82.0 Å². The van der Waals surface area contributed by atoms with Crippen molar-refractivity contribution in [2.45, 2.75) is 12.6 Å². The van der Waals surface area contributed by atoms with Crippen LogP contribution in [0.5, 0.6) is 0 Å². The molecule has 39 heavy (non-hydrogen) atoms. The second-order valence-corrected chi connectivity index (χ2v) is 10.9. The molecule has 2 saturated heterocycles. The summed E-state index contributed by atoms with van der Waals surface area (Å²) < 4.78 is 1.92. The van der Waals surface area contributed by atoms with Crippen molar-refractivity contribution >= 4 is 45.6 Å². The van der Waals surface area contributed by atoms with Gasteiger partial charge in [-0.1, -0.05) is 18.2 Å². The van der Waals surface area contributed by atoms with Gasteiger partial charge < -0.3 is 19.3 Å². The van der Waals surface area contributed by atoms with Crippen LogP contribution in [0.2, 0.25) is 0 Å². The molecule has 0 spiro atoms. The number of thiazole rings is 1. The predicted octanol–water partition coefficient (Wildman–Crippen LogP) is 3.04. The zero-order chi connectivity index (χ0) is 26.9. The zero-order valence-electron chi connectivity index (χ0n) is 21.8. The smallest absolute Gasteiger partial charge is 0.282 e. The van der Waals surface area contributed by atoms with Crippen LogP contribution in [0.4, 0.5) is 5.69 Å². The number of hydrogen-bond acceptors (Lipinski definition) is 6. The first-order valence-corrected chi connectivity index (χ1v) is 14.0. The van der Waals surface area contributed by atoms with Gasteiger partial charge in [-0.25, -0.2) is 4.98 Å². The second kappa shape index (κ2) is 10.6. The summed E-state index contributed by atoms with van der Waals surface area (Å²) in [7, 11) is 1.78. The number of carbonyl (C=O) groups excluding carboxylic acids is 3. The van der Waals surface area contributed by atoms with Gasteiger partial charge in [0.15, 0.2) is 5.01 Å². The van der Waals surface area contributed by atoms with Gasteiger partial charge in [0.05, 0.1) is 0 Å². The van der Waals surface area contributed by atoms with E-state index < -0.39 is 0 Å². The highest BCUT2D eigenvalue weighted by atomic mass is 32.1. The summed E-state index contributed by atoms with van der Waals surface area (Å²) in [6.45, 7) is 4.58. The van der Waals surface area contributed by atoms with Crippen molar-refractivity contribution in [2.75, 3.05) is 51.2 Å². The largest absolute Gasteiger partial charge is 0.338 e. The standard InChI is InChI=1S/C29H30N6O3S/c1-31(23-5-3-2-4-6-23)26(36)20-34-11-9-21-17-22(7-8-25(21)34)28(37)35-18-24(19-35)32-12-14-33(15-13-32)29(38)27-30-10-16-39-27/h2-11,16-17,24H,12-15,18-20H2,1H3. The first-order chi connectivity index (χ1) is 19.0. The van der Waals surface area contributed by atoms with E-state index in [0.717, 1.165) is 29.7 Å². The van der Waals surface area contributed by atoms with Crippen molar-refractivity contribution in [2.24, 2.45) is 0 Å². The lowest BCUT2D eigenvalue weighted by Gasteiger charge is -2.48. The molecular formula is C29H30N6O3S. The number of benzene rings is 2. The SMILES string of the molecule is CN(C(=O)Cn1ccc2cc(C(=O)N3CC(N4CCN(C(=O)c5nccs5)CC4)C3)ccc21)c1ccccc1. The number of para-hydroxylation sites is 1. The number of carbonyl (C=O) groups is 3. The van der Waals surface area contributed by atoms with Crippen molar-refractivity contribution in [3.63, 3.8) is 0 Å². The number of fused-ring (bicyclic) bond motifs is 1. The third-order valence-electron chi connectivity index (χ3n) is 7.72. The van der Waals surface area contributed by atoms with E-state index in [2.05, 4.69) is 9.88 Å². The van der Waals surface area contributed by atoms with Gasteiger partial charge in [0.25, 0.3) is 11.8 Å². The van der Waals surface area contributed by atoms with Crippen molar-refractivity contribution in [3.05, 3.63) is 82.9 Å². The van der Waals surface area contributed by atoms with Gasteiger partial charge >= 0.3 is 0 Å². The van der Waals surface area contributed by atoms with Gasteiger partial charge in [-0.2, -0.15) is 0 Å². The van der Waals surface area contributed by atoms with Crippen LogP contribution < -0.4 is 4.90 Å². The number of anilines is 1. The van der Waals surface area contributed by atoms with Gasteiger partial charge in [0, 0.05) is 92.3 Å². The molecule has 2 aromatic heterocycles. The van der Waals surface area contributed by atoms with Crippen molar-refractivity contribution in [3.8, 4) is 0 Å². The maximum absolute atomic E-state index is 13.2. The van der Waals surface area contributed by atoms with Crippen LogP contribution in [0.1, 0.15) is 20.2 Å². The summed E-state index contributed by atoms with van der Waals surface area (Å²) in [5.41, 5.74) is 2.43. The Morgan fingerprint density at radius 1 is 0.949 bits per heavy atom. The Balaban J connectivity index is 1.03. The Bertz CT molecular complexity index is 1490. The van der Waals surface area contributed by atoms with Crippen molar-refractivity contribution in [1.82, 2.24) is 24.3 Å². The van der Waals surface area contributed by atoms with Crippen LogP contribution in [0.3, 0.4) is 0 Å². The lowest BCUT2D eigenvalue weighted by Crippen LogP contribution is -2.64. The molecule has 9 nitrogen and oxygen atoms in total. The van der Waals surface area contributed by atoms with Crippen LogP contribution in [0, 0.1) is 0 Å². The van der Waals surface area contributed by atoms with Crippen LogP contribution in [-0.2, 0) is 11.3 Å². The molecule has 2 aliphatic rings. The van der Waals surface area contributed by atoms with Crippen LogP contribution in [-0.4, -0.2) is 94.3 Å². The minimum Gasteiger partial charge on any atom is -0.338 e. The van der Waals surface area contributed by atoms with Crippen molar-refractivity contribution in [1.29, 1.82) is 0 Å². The molecule has 6 rings (SSSR count). The lowest BCUT2D eigenvalue weighted by atomic mass is 10.0. The fraction of sp³-hybridized carbons (Fsp3) is 0.310. The molecule has 4 heterocycles. The van der Waals surface area contributed by atoms with E-state index in [-0.39, 0.29) is 24.3 Å². The van der Waals surface area contributed by atoms with E-state index in [9.17, 15) is 14.4 Å². The molecule has 3 amide bonds. The summed E-state index contributed by atoms with van der Waals surface area (Å²) in [6, 6.07) is 17.5. The summed E-state index contributed by atoms with van der Waals surface area (Å²) in [5, 5.41) is 3.31. The van der Waals surface area contributed by atoms with Crippen molar-refractivity contribution < 1.29 is 14.4 Å². The Hall–Kier alpha value is -4.02. The van der Waals surface area contributed by atoms with Crippen LogP contribution in [0.25, 0.3) is 10.9 Å². The molecule has 0 N–H and O–H groups in total. The quantitative estimate of drug-likeness (QED) is 0.374. The fourth-order valence-corrected chi connectivity index (χ4v) is 5.91. The van der Waals surface area contributed by atoms with E-state index in [4.69, 9.17) is 0 Å². The fourth-order valence-electron chi connectivity index (χ4n) is 5.31. The normalized spacial score (nSPS) is 16.3. The Morgan fingerprint density at radius 2 is 1.72 bits per heavy atom. The summed E-state index contributed by atoms with van der Waals surface area (Å²) in [5.74, 6) is 0.0177. The minimum atomic E-state index is -0.0149. The van der Waals surface area contributed by atoms with E-state index in [0.29, 0.717) is 42.8 Å².